The molecule has 0 atom stereocenters. The monoisotopic (exact) mass is 454 g/mol. The van der Waals surface area contributed by atoms with E-state index in [4.69, 9.17) is 14.2 Å². The van der Waals surface area contributed by atoms with Crippen LogP contribution < -0.4 is 14.2 Å². The van der Waals surface area contributed by atoms with Crippen LogP contribution >= 0.6 is 11.8 Å². The summed E-state index contributed by atoms with van der Waals surface area (Å²) < 4.78 is 19.2. The van der Waals surface area contributed by atoms with Crippen molar-refractivity contribution in [3.63, 3.8) is 0 Å². The standard InChI is InChI=1S/C24H30N4O3S/c1-4-6-10-15-30-21-14-13-19(16-22(21)29-5-2)17-25-28-23(26-27-24(28)32-3)18-31-20-11-8-7-9-12-20/h7-9,11-14,16-17H,4-6,10,15,18H2,1-3H3/b25-17-. The molecule has 3 aromatic rings. The first-order valence-electron chi connectivity index (χ1n) is 10.8. The summed E-state index contributed by atoms with van der Waals surface area (Å²) in [7, 11) is 0. The predicted octanol–water partition coefficient (Wildman–Crippen LogP) is 5.43. The summed E-state index contributed by atoms with van der Waals surface area (Å²) in [6, 6.07) is 15.4. The minimum Gasteiger partial charge on any atom is -0.490 e. The lowest BCUT2D eigenvalue weighted by Crippen LogP contribution is -2.05. The molecule has 0 unspecified atom stereocenters. The number of rotatable bonds is 13. The van der Waals surface area contributed by atoms with E-state index >= 15 is 0 Å². The largest absolute Gasteiger partial charge is 0.490 e. The van der Waals surface area contributed by atoms with Gasteiger partial charge in [-0.25, -0.2) is 0 Å². The molecule has 3 rings (SSSR count). The van der Waals surface area contributed by atoms with Gasteiger partial charge in [0.1, 0.15) is 12.4 Å². The fraction of sp³-hybridized carbons (Fsp3) is 0.375. The molecule has 0 aliphatic heterocycles. The number of thioether (sulfide) groups is 1. The van der Waals surface area contributed by atoms with Crippen molar-refractivity contribution in [2.45, 2.75) is 44.9 Å². The number of hydrogen-bond donors (Lipinski definition) is 0. The van der Waals surface area contributed by atoms with Gasteiger partial charge in [0, 0.05) is 0 Å². The predicted molar refractivity (Wildman–Crippen MR) is 128 cm³/mol. The van der Waals surface area contributed by atoms with Gasteiger partial charge in [0.05, 0.1) is 19.4 Å². The van der Waals surface area contributed by atoms with Crippen molar-refractivity contribution in [1.29, 1.82) is 0 Å². The molecule has 7 nitrogen and oxygen atoms in total. The van der Waals surface area contributed by atoms with E-state index in [1.165, 1.54) is 11.8 Å². The van der Waals surface area contributed by atoms with Crippen molar-refractivity contribution in [2.24, 2.45) is 5.10 Å². The first-order chi connectivity index (χ1) is 15.7. The van der Waals surface area contributed by atoms with Gasteiger partial charge in [-0.2, -0.15) is 9.78 Å². The molecule has 0 radical (unpaired) electrons. The molecule has 0 amide bonds. The minimum absolute atomic E-state index is 0.268. The summed E-state index contributed by atoms with van der Waals surface area (Å²) in [5.74, 6) is 2.86. The van der Waals surface area contributed by atoms with Crippen LogP contribution in [0.5, 0.6) is 17.2 Å². The average Bonchev–Trinajstić information content (AvgIpc) is 3.22. The summed E-state index contributed by atoms with van der Waals surface area (Å²) in [6.45, 7) is 5.66. The van der Waals surface area contributed by atoms with Gasteiger partial charge in [-0.3, -0.25) is 0 Å². The average molecular weight is 455 g/mol. The number of hydrogen-bond acceptors (Lipinski definition) is 7. The summed E-state index contributed by atoms with van der Waals surface area (Å²) >= 11 is 1.48. The number of nitrogens with zero attached hydrogens (tertiary/aromatic N) is 4. The van der Waals surface area contributed by atoms with Crippen LogP contribution in [-0.2, 0) is 6.61 Å². The molecule has 0 bridgehead atoms. The second-order valence-electron chi connectivity index (χ2n) is 6.96. The lowest BCUT2D eigenvalue weighted by molar-refractivity contribution is 0.271. The zero-order valence-corrected chi connectivity index (χ0v) is 19.7. The Morgan fingerprint density at radius 2 is 1.81 bits per heavy atom. The normalized spacial score (nSPS) is 11.1. The van der Waals surface area contributed by atoms with Gasteiger partial charge >= 0.3 is 0 Å². The second-order valence-corrected chi connectivity index (χ2v) is 7.73. The van der Waals surface area contributed by atoms with Crippen LogP contribution in [0.2, 0.25) is 0 Å². The first-order valence-corrected chi connectivity index (χ1v) is 12.1. The molecule has 170 valence electrons. The van der Waals surface area contributed by atoms with Gasteiger partial charge < -0.3 is 14.2 Å². The smallest absolute Gasteiger partial charge is 0.211 e. The van der Waals surface area contributed by atoms with Crippen molar-refractivity contribution < 1.29 is 14.2 Å². The lowest BCUT2D eigenvalue weighted by Gasteiger charge is -2.12. The summed E-state index contributed by atoms with van der Waals surface area (Å²) in [5, 5.41) is 13.7. The quantitative estimate of drug-likeness (QED) is 0.195. The van der Waals surface area contributed by atoms with Gasteiger partial charge in [0.15, 0.2) is 17.3 Å². The number of ether oxygens (including phenoxy) is 3. The highest BCUT2D eigenvalue weighted by Gasteiger charge is 2.12. The van der Waals surface area contributed by atoms with E-state index in [0.717, 1.165) is 42.1 Å². The minimum atomic E-state index is 0.268. The molecule has 1 aromatic heterocycles. The zero-order valence-electron chi connectivity index (χ0n) is 18.9. The molecule has 32 heavy (non-hydrogen) atoms. The van der Waals surface area contributed by atoms with Crippen molar-refractivity contribution in [3.05, 3.63) is 59.9 Å². The zero-order chi connectivity index (χ0) is 22.6. The topological polar surface area (TPSA) is 70.8 Å². The van der Waals surface area contributed by atoms with Crippen molar-refractivity contribution in [3.8, 4) is 17.2 Å². The Bertz CT molecular complexity index is 992. The molecule has 0 spiro atoms. The fourth-order valence-corrected chi connectivity index (χ4v) is 3.39. The number of benzene rings is 2. The third-order valence-electron chi connectivity index (χ3n) is 4.57. The van der Waals surface area contributed by atoms with E-state index in [1.54, 1.807) is 10.9 Å². The van der Waals surface area contributed by atoms with Gasteiger partial charge in [0.25, 0.3) is 0 Å². The third-order valence-corrected chi connectivity index (χ3v) is 5.19. The Hall–Kier alpha value is -3.00. The van der Waals surface area contributed by atoms with Gasteiger partial charge in [-0.1, -0.05) is 49.7 Å². The molecule has 0 aliphatic carbocycles. The molecule has 8 heteroatoms. The maximum atomic E-state index is 5.91. The van der Waals surface area contributed by atoms with Crippen molar-refractivity contribution >= 4 is 18.0 Å². The maximum absolute atomic E-state index is 5.91. The van der Waals surface area contributed by atoms with Crippen LogP contribution in [0.15, 0.2) is 58.8 Å². The Balaban J connectivity index is 1.74. The third kappa shape index (κ3) is 6.75. The molecule has 0 N–H and O–H groups in total. The summed E-state index contributed by atoms with van der Waals surface area (Å²) in [6.07, 6.45) is 7.05. The SMILES string of the molecule is CCCCCOc1ccc(/C=N\n2c(COc3ccccc3)nnc2SC)cc1OCC. The van der Waals surface area contributed by atoms with Crippen LogP contribution in [0, 0.1) is 0 Å². The van der Waals surface area contributed by atoms with Crippen LogP contribution in [0.1, 0.15) is 44.5 Å². The van der Waals surface area contributed by atoms with Crippen LogP contribution in [0.3, 0.4) is 0 Å². The molecule has 0 fully saturated rings. The highest BCUT2D eigenvalue weighted by molar-refractivity contribution is 7.98. The van der Waals surface area contributed by atoms with Gasteiger partial charge in [-0.05, 0) is 55.5 Å². The maximum Gasteiger partial charge on any atom is 0.211 e. The van der Waals surface area contributed by atoms with E-state index in [-0.39, 0.29) is 6.61 Å². The Morgan fingerprint density at radius 3 is 2.56 bits per heavy atom. The van der Waals surface area contributed by atoms with Crippen LogP contribution in [0.25, 0.3) is 0 Å². The van der Waals surface area contributed by atoms with Gasteiger partial charge in [-0.15, -0.1) is 10.2 Å². The fourth-order valence-electron chi connectivity index (χ4n) is 2.94. The van der Waals surface area contributed by atoms with Gasteiger partial charge in [0.2, 0.25) is 5.16 Å². The molecule has 1 heterocycles. The number of unbranched alkanes of at least 4 members (excludes halogenated alkanes) is 2. The van der Waals surface area contributed by atoms with E-state index in [2.05, 4.69) is 22.2 Å². The summed E-state index contributed by atoms with van der Waals surface area (Å²) in [5.41, 5.74) is 0.894. The van der Waals surface area contributed by atoms with E-state index < -0.39 is 0 Å². The van der Waals surface area contributed by atoms with Crippen molar-refractivity contribution in [2.75, 3.05) is 19.5 Å². The molecular weight excluding hydrogens is 424 g/mol. The summed E-state index contributed by atoms with van der Waals surface area (Å²) in [4.78, 5) is 0. The van der Waals surface area contributed by atoms with E-state index in [0.29, 0.717) is 24.2 Å². The van der Waals surface area contributed by atoms with E-state index in [1.807, 2.05) is 61.7 Å². The van der Waals surface area contributed by atoms with E-state index in [9.17, 15) is 0 Å². The lowest BCUT2D eigenvalue weighted by atomic mass is 10.2. The Morgan fingerprint density at radius 1 is 0.969 bits per heavy atom. The highest BCUT2D eigenvalue weighted by Crippen LogP contribution is 2.28. The Kier molecular flexibility index (Phi) is 9.43. The number of aromatic nitrogens is 3. The first kappa shape index (κ1) is 23.7. The van der Waals surface area contributed by atoms with Crippen LogP contribution in [0.4, 0.5) is 0 Å². The highest BCUT2D eigenvalue weighted by atomic mass is 32.2. The second kappa shape index (κ2) is 12.8. The molecular formula is C24H30N4O3S. The molecule has 0 aliphatic rings. The molecule has 2 aromatic carbocycles. The Labute approximate surface area is 193 Å². The molecule has 0 saturated heterocycles. The molecule has 0 saturated carbocycles. The van der Waals surface area contributed by atoms with Crippen molar-refractivity contribution in [1.82, 2.24) is 14.9 Å². The number of para-hydroxylation sites is 1. The van der Waals surface area contributed by atoms with Crippen LogP contribution in [-0.4, -0.2) is 40.6 Å².